The molecular weight excluding hydrogens is 304 g/mol. The van der Waals surface area contributed by atoms with Gasteiger partial charge in [-0.1, -0.05) is 18.2 Å². The van der Waals surface area contributed by atoms with Crippen molar-refractivity contribution >= 4 is 17.6 Å². The van der Waals surface area contributed by atoms with E-state index < -0.39 is 0 Å². The van der Waals surface area contributed by atoms with Gasteiger partial charge in [0.15, 0.2) is 0 Å². The number of anilines is 1. The van der Waals surface area contributed by atoms with Crippen molar-refractivity contribution in [2.45, 2.75) is 26.7 Å². The highest BCUT2D eigenvalue weighted by atomic mass is 16.2. The number of hydrogen-bond donors (Lipinski definition) is 1. The second kappa shape index (κ2) is 6.86. The molecular formula is C18H22N4O2. The number of nitrogens with one attached hydrogen (secondary N) is 1. The van der Waals surface area contributed by atoms with Crippen LogP contribution in [0.5, 0.6) is 0 Å². The molecule has 1 aliphatic rings. The molecule has 6 nitrogen and oxygen atoms in total. The molecule has 24 heavy (non-hydrogen) atoms. The van der Waals surface area contributed by atoms with Crippen LogP contribution >= 0.6 is 0 Å². The predicted molar refractivity (Wildman–Crippen MR) is 91.9 cm³/mol. The quantitative estimate of drug-likeness (QED) is 0.941. The van der Waals surface area contributed by atoms with Crippen LogP contribution in [0.25, 0.3) is 5.69 Å². The summed E-state index contributed by atoms with van der Waals surface area (Å²) in [7, 11) is 0. The molecule has 0 spiro atoms. The number of benzene rings is 1. The Morgan fingerprint density at radius 1 is 1.17 bits per heavy atom. The summed E-state index contributed by atoms with van der Waals surface area (Å²) in [5.41, 5.74) is 1.76. The zero-order valence-corrected chi connectivity index (χ0v) is 14.0. The van der Waals surface area contributed by atoms with Gasteiger partial charge in [0.25, 0.3) is 0 Å². The number of likely N-dealkylation sites (tertiary alicyclic amines) is 1. The molecule has 126 valence electrons. The molecule has 1 N–H and O–H groups in total. The average molecular weight is 326 g/mol. The van der Waals surface area contributed by atoms with Gasteiger partial charge in [-0.05, 0) is 31.9 Å². The number of hydrogen-bond acceptors (Lipinski definition) is 3. The summed E-state index contributed by atoms with van der Waals surface area (Å²) in [6.07, 6.45) is 1.40. The summed E-state index contributed by atoms with van der Waals surface area (Å²) in [5, 5.41) is 7.47. The predicted octanol–water partition coefficient (Wildman–Crippen LogP) is 2.38. The lowest BCUT2D eigenvalue weighted by atomic mass is 9.96. The number of piperidine rings is 1. The van der Waals surface area contributed by atoms with Gasteiger partial charge in [-0.15, -0.1) is 0 Å². The van der Waals surface area contributed by atoms with Crippen molar-refractivity contribution in [2.24, 2.45) is 5.92 Å². The SMILES string of the molecule is CC(=O)N1CCC(C(=O)Nc2cc(C)nn2-c2ccccc2)CC1. The third-order valence-electron chi connectivity index (χ3n) is 4.39. The first-order valence-electron chi connectivity index (χ1n) is 8.23. The van der Waals surface area contributed by atoms with E-state index in [-0.39, 0.29) is 17.7 Å². The summed E-state index contributed by atoms with van der Waals surface area (Å²) in [6.45, 7) is 4.76. The van der Waals surface area contributed by atoms with Crippen molar-refractivity contribution in [3.8, 4) is 5.69 Å². The van der Waals surface area contributed by atoms with Gasteiger partial charge in [-0.3, -0.25) is 9.59 Å². The Labute approximate surface area is 141 Å². The Morgan fingerprint density at radius 2 is 1.83 bits per heavy atom. The molecule has 1 fully saturated rings. The van der Waals surface area contributed by atoms with Crippen molar-refractivity contribution < 1.29 is 9.59 Å². The molecule has 0 radical (unpaired) electrons. The van der Waals surface area contributed by atoms with Crippen molar-refractivity contribution in [3.63, 3.8) is 0 Å². The van der Waals surface area contributed by atoms with Crippen molar-refractivity contribution in [1.29, 1.82) is 0 Å². The lowest BCUT2D eigenvalue weighted by molar-refractivity contribution is -0.132. The Morgan fingerprint density at radius 3 is 2.46 bits per heavy atom. The third-order valence-corrected chi connectivity index (χ3v) is 4.39. The van der Waals surface area contributed by atoms with E-state index in [4.69, 9.17) is 0 Å². The third kappa shape index (κ3) is 3.48. The number of aromatic nitrogens is 2. The summed E-state index contributed by atoms with van der Waals surface area (Å²) >= 11 is 0. The van der Waals surface area contributed by atoms with E-state index in [2.05, 4.69) is 10.4 Å². The maximum Gasteiger partial charge on any atom is 0.228 e. The van der Waals surface area contributed by atoms with Gasteiger partial charge in [-0.2, -0.15) is 5.10 Å². The monoisotopic (exact) mass is 326 g/mol. The van der Waals surface area contributed by atoms with Crippen molar-refractivity contribution in [3.05, 3.63) is 42.1 Å². The smallest absolute Gasteiger partial charge is 0.228 e. The first-order valence-corrected chi connectivity index (χ1v) is 8.23. The lowest BCUT2D eigenvalue weighted by Crippen LogP contribution is -2.40. The Hall–Kier alpha value is -2.63. The topological polar surface area (TPSA) is 67.2 Å². The van der Waals surface area contributed by atoms with Crippen LogP contribution in [0.1, 0.15) is 25.5 Å². The Bertz CT molecular complexity index is 731. The minimum Gasteiger partial charge on any atom is -0.343 e. The number of nitrogens with zero attached hydrogens (tertiary/aromatic N) is 3. The largest absolute Gasteiger partial charge is 0.343 e. The number of aryl methyl sites for hydroxylation is 1. The second-order valence-corrected chi connectivity index (χ2v) is 6.19. The van der Waals surface area contributed by atoms with Gasteiger partial charge < -0.3 is 10.2 Å². The van der Waals surface area contributed by atoms with Crippen LogP contribution in [0, 0.1) is 12.8 Å². The van der Waals surface area contributed by atoms with Gasteiger partial charge in [0, 0.05) is 32.0 Å². The fourth-order valence-corrected chi connectivity index (χ4v) is 3.04. The Kier molecular flexibility index (Phi) is 4.64. The summed E-state index contributed by atoms with van der Waals surface area (Å²) in [5.74, 6) is 0.680. The molecule has 6 heteroatoms. The van der Waals surface area contributed by atoms with Crippen LogP contribution < -0.4 is 5.32 Å². The van der Waals surface area contributed by atoms with Gasteiger partial charge >= 0.3 is 0 Å². The molecule has 0 aliphatic carbocycles. The molecule has 1 aromatic carbocycles. The van der Waals surface area contributed by atoms with E-state index in [1.165, 1.54) is 0 Å². The molecule has 0 unspecified atom stereocenters. The molecule has 0 bridgehead atoms. The van der Waals surface area contributed by atoms with E-state index in [0.717, 1.165) is 11.4 Å². The molecule has 0 atom stereocenters. The average Bonchev–Trinajstić information content (AvgIpc) is 2.96. The maximum absolute atomic E-state index is 12.6. The lowest BCUT2D eigenvalue weighted by Gasteiger charge is -2.30. The van der Waals surface area contributed by atoms with Crippen LogP contribution in [-0.4, -0.2) is 39.6 Å². The number of carbonyl (C=O) groups is 2. The fourth-order valence-electron chi connectivity index (χ4n) is 3.04. The number of carbonyl (C=O) groups excluding carboxylic acids is 2. The van der Waals surface area contributed by atoms with Crippen LogP contribution in [0.2, 0.25) is 0 Å². The number of para-hydroxylation sites is 1. The van der Waals surface area contributed by atoms with Gasteiger partial charge in [0.1, 0.15) is 5.82 Å². The standard InChI is InChI=1S/C18H22N4O2/c1-13-12-17(22(20-13)16-6-4-3-5-7-16)19-18(24)15-8-10-21(11-9-15)14(2)23/h3-7,12,15H,8-11H2,1-2H3,(H,19,24). The molecule has 1 aromatic heterocycles. The van der Waals surface area contributed by atoms with Crippen LogP contribution in [-0.2, 0) is 9.59 Å². The summed E-state index contributed by atoms with van der Waals surface area (Å²) < 4.78 is 1.75. The van der Waals surface area contributed by atoms with Gasteiger partial charge in [0.2, 0.25) is 11.8 Å². The molecule has 2 aromatic rings. The van der Waals surface area contributed by atoms with E-state index in [9.17, 15) is 9.59 Å². The summed E-state index contributed by atoms with van der Waals surface area (Å²) in [4.78, 5) is 25.8. The van der Waals surface area contributed by atoms with Crippen LogP contribution in [0.15, 0.2) is 36.4 Å². The highest BCUT2D eigenvalue weighted by molar-refractivity contribution is 5.92. The van der Waals surface area contributed by atoms with Crippen molar-refractivity contribution in [2.75, 3.05) is 18.4 Å². The Balaban J connectivity index is 1.71. The highest BCUT2D eigenvalue weighted by Gasteiger charge is 2.26. The first kappa shape index (κ1) is 16.2. The highest BCUT2D eigenvalue weighted by Crippen LogP contribution is 2.22. The molecule has 1 saturated heterocycles. The summed E-state index contributed by atoms with van der Waals surface area (Å²) in [6, 6.07) is 11.6. The molecule has 3 rings (SSSR count). The van der Waals surface area contributed by atoms with E-state index in [1.807, 2.05) is 43.3 Å². The zero-order valence-electron chi connectivity index (χ0n) is 14.0. The van der Waals surface area contributed by atoms with E-state index >= 15 is 0 Å². The molecule has 2 amide bonds. The van der Waals surface area contributed by atoms with Gasteiger partial charge in [-0.25, -0.2) is 4.68 Å². The van der Waals surface area contributed by atoms with E-state index in [0.29, 0.717) is 31.7 Å². The first-order chi connectivity index (χ1) is 11.5. The van der Waals surface area contributed by atoms with E-state index in [1.54, 1.807) is 16.5 Å². The maximum atomic E-state index is 12.6. The number of amides is 2. The second-order valence-electron chi connectivity index (χ2n) is 6.19. The molecule has 1 aliphatic heterocycles. The van der Waals surface area contributed by atoms with Crippen LogP contribution in [0.3, 0.4) is 0 Å². The van der Waals surface area contributed by atoms with Crippen molar-refractivity contribution in [1.82, 2.24) is 14.7 Å². The zero-order chi connectivity index (χ0) is 17.1. The minimum atomic E-state index is -0.0694. The van der Waals surface area contributed by atoms with Crippen LogP contribution in [0.4, 0.5) is 5.82 Å². The number of rotatable bonds is 3. The molecule has 2 heterocycles. The molecule has 0 saturated carbocycles. The van der Waals surface area contributed by atoms with Gasteiger partial charge in [0.05, 0.1) is 11.4 Å². The normalized spacial score (nSPS) is 15.3. The minimum absolute atomic E-state index is 0.00437. The fraction of sp³-hybridized carbons (Fsp3) is 0.389.